The first kappa shape index (κ1) is 26.3. The Kier molecular flexibility index (Phi) is 12.1. The summed E-state index contributed by atoms with van der Waals surface area (Å²) in [5.74, 6) is 3.55. The van der Waals surface area contributed by atoms with E-state index in [1.54, 1.807) is 0 Å². The Bertz CT molecular complexity index is 654. The van der Waals surface area contributed by atoms with Crippen molar-refractivity contribution in [1.29, 1.82) is 0 Å². The van der Waals surface area contributed by atoms with Crippen molar-refractivity contribution < 1.29 is 9.47 Å². The van der Waals surface area contributed by atoms with E-state index in [0.29, 0.717) is 12.6 Å². The highest BCUT2D eigenvalue weighted by atomic mass is 127. The predicted octanol–water partition coefficient (Wildman–Crippen LogP) is 3.28. The molecule has 3 rings (SSSR count). The second-order valence-corrected chi connectivity index (χ2v) is 8.51. The summed E-state index contributed by atoms with van der Waals surface area (Å²) < 4.78 is 13.7. The van der Waals surface area contributed by atoms with E-state index >= 15 is 0 Å². The van der Waals surface area contributed by atoms with Gasteiger partial charge in [-0.1, -0.05) is 12.8 Å². The van der Waals surface area contributed by atoms with Crippen LogP contribution in [0.2, 0.25) is 0 Å². The van der Waals surface area contributed by atoms with E-state index in [0.717, 1.165) is 82.2 Å². The largest absolute Gasteiger partial charge is 0.382 e. The summed E-state index contributed by atoms with van der Waals surface area (Å²) in [4.78, 5) is 7.23. The molecule has 1 saturated heterocycles. The van der Waals surface area contributed by atoms with Crippen LogP contribution in [0.5, 0.6) is 0 Å². The van der Waals surface area contributed by atoms with E-state index in [4.69, 9.17) is 14.5 Å². The SMILES string of the molecule is CCOCCCNC(=NCc1nnc(C)n1C)N1CCC(OCC2CCCC2)CC1.I. The fourth-order valence-corrected chi connectivity index (χ4v) is 4.20. The number of rotatable bonds is 10. The predicted molar refractivity (Wildman–Crippen MR) is 134 cm³/mol. The lowest BCUT2D eigenvalue weighted by molar-refractivity contribution is 0.000984. The van der Waals surface area contributed by atoms with E-state index in [-0.39, 0.29) is 24.0 Å². The number of aliphatic imine (C=N–C) groups is 1. The number of piperidine rings is 1. The topological polar surface area (TPSA) is 76.8 Å². The zero-order valence-electron chi connectivity index (χ0n) is 19.5. The maximum atomic E-state index is 6.24. The molecule has 1 aliphatic heterocycles. The normalized spacial score (nSPS) is 18.4. The average molecular weight is 549 g/mol. The van der Waals surface area contributed by atoms with Crippen LogP contribution in [0.3, 0.4) is 0 Å². The van der Waals surface area contributed by atoms with Crippen LogP contribution in [0.15, 0.2) is 4.99 Å². The molecule has 0 radical (unpaired) electrons. The zero-order chi connectivity index (χ0) is 21.2. The van der Waals surface area contributed by atoms with Gasteiger partial charge in [-0.15, -0.1) is 34.2 Å². The lowest BCUT2D eigenvalue weighted by Gasteiger charge is -2.34. The number of ether oxygens (including phenoxy) is 2. The second-order valence-electron chi connectivity index (χ2n) is 8.51. The van der Waals surface area contributed by atoms with Crippen LogP contribution < -0.4 is 5.32 Å². The van der Waals surface area contributed by atoms with Crippen LogP contribution in [0.4, 0.5) is 0 Å². The maximum absolute atomic E-state index is 6.24. The van der Waals surface area contributed by atoms with Gasteiger partial charge in [-0.25, -0.2) is 4.99 Å². The molecule has 1 aliphatic carbocycles. The Labute approximate surface area is 204 Å². The molecule has 8 nitrogen and oxygen atoms in total. The minimum Gasteiger partial charge on any atom is -0.382 e. The fourth-order valence-electron chi connectivity index (χ4n) is 4.20. The molecule has 178 valence electrons. The minimum atomic E-state index is 0. The molecule has 2 aliphatic rings. The molecule has 0 atom stereocenters. The van der Waals surface area contributed by atoms with Crippen molar-refractivity contribution in [3.05, 3.63) is 11.6 Å². The van der Waals surface area contributed by atoms with Crippen molar-refractivity contribution in [2.45, 2.75) is 71.4 Å². The number of nitrogens with one attached hydrogen (secondary N) is 1. The number of nitrogens with zero attached hydrogens (tertiary/aromatic N) is 5. The summed E-state index contributed by atoms with van der Waals surface area (Å²) in [6, 6.07) is 0. The Morgan fingerprint density at radius 2 is 1.90 bits per heavy atom. The first-order valence-electron chi connectivity index (χ1n) is 11.7. The van der Waals surface area contributed by atoms with E-state index < -0.39 is 0 Å². The Balaban J connectivity index is 0.00000341. The van der Waals surface area contributed by atoms with Crippen molar-refractivity contribution in [3.63, 3.8) is 0 Å². The van der Waals surface area contributed by atoms with E-state index in [1.165, 1.54) is 25.7 Å². The van der Waals surface area contributed by atoms with E-state index in [9.17, 15) is 0 Å². The van der Waals surface area contributed by atoms with Crippen molar-refractivity contribution in [2.75, 3.05) is 39.5 Å². The number of hydrogen-bond acceptors (Lipinski definition) is 5. The Morgan fingerprint density at radius 1 is 1.16 bits per heavy atom. The highest BCUT2D eigenvalue weighted by Gasteiger charge is 2.24. The first-order chi connectivity index (χ1) is 14.7. The molecule has 0 aromatic carbocycles. The molecule has 1 saturated carbocycles. The van der Waals surface area contributed by atoms with Crippen molar-refractivity contribution >= 4 is 29.9 Å². The van der Waals surface area contributed by atoms with Gasteiger partial charge >= 0.3 is 0 Å². The van der Waals surface area contributed by atoms with Gasteiger partial charge in [0, 0.05) is 46.5 Å². The van der Waals surface area contributed by atoms with Crippen LogP contribution in [-0.2, 0) is 23.1 Å². The molecule has 31 heavy (non-hydrogen) atoms. The lowest BCUT2D eigenvalue weighted by Crippen LogP contribution is -2.47. The van der Waals surface area contributed by atoms with Gasteiger partial charge in [0.15, 0.2) is 11.8 Å². The van der Waals surface area contributed by atoms with Gasteiger partial charge in [-0.2, -0.15) is 0 Å². The van der Waals surface area contributed by atoms with Crippen LogP contribution in [-0.4, -0.2) is 71.2 Å². The molecule has 2 heterocycles. The summed E-state index contributed by atoms with van der Waals surface area (Å²) >= 11 is 0. The van der Waals surface area contributed by atoms with Crippen molar-refractivity contribution in [2.24, 2.45) is 18.0 Å². The quantitative estimate of drug-likeness (QED) is 0.209. The number of aryl methyl sites for hydroxylation is 1. The van der Waals surface area contributed by atoms with Gasteiger partial charge in [0.25, 0.3) is 0 Å². The van der Waals surface area contributed by atoms with Gasteiger partial charge in [-0.05, 0) is 51.9 Å². The van der Waals surface area contributed by atoms with Crippen LogP contribution in [0.25, 0.3) is 0 Å². The smallest absolute Gasteiger partial charge is 0.194 e. The highest BCUT2D eigenvalue weighted by molar-refractivity contribution is 14.0. The van der Waals surface area contributed by atoms with Gasteiger partial charge in [0.1, 0.15) is 12.4 Å². The van der Waals surface area contributed by atoms with Crippen molar-refractivity contribution in [3.8, 4) is 0 Å². The average Bonchev–Trinajstić information content (AvgIpc) is 3.40. The van der Waals surface area contributed by atoms with E-state index in [2.05, 4.69) is 20.4 Å². The molecular weight excluding hydrogens is 507 g/mol. The Morgan fingerprint density at radius 3 is 2.55 bits per heavy atom. The van der Waals surface area contributed by atoms with Gasteiger partial charge in [-0.3, -0.25) is 0 Å². The summed E-state index contributed by atoms with van der Waals surface area (Å²) in [7, 11) is 1.99. The summed E-state index contributed by atoms with van der Waals surface area (Å²) in [5, 5.41) is 11.9. The number of aromatic nitrogens is 3. The monoisotopic (exact) mass is 548 g/mol. The third kappa shape index (κ3) is 8.49. The van der Waals surface area contributed by atoms with Crippen LogP contribution in [0.1, 0.15) is 63.5 Å². The van der Waals surface area contributed by atoms with Crippen LogP contribution >= 0.6 is 24.0 Å². The molecule has 9 heteroatoms. The third-order valence-corrected chi connectivity index (χ3v) is 6.29. The molecule has 1 N–H and O–H groups in total. The zero-order valence-corrected chi connectivity index (χ0v) is 21.8. The molecule has 0 spiro atoms. The van der Waals surface area contributed by atoms with Crippen LogP contribution in [0, 0.1) is 12.8 Å². The van der Waals surface area contributed by atoms with E-state index in [1.807, 2.05) is 25.5 Å². The summed E-state index contributed by atoms with van der Waals surface area (Å²) in [6.07, 6.45) is 8.95. The van der Waals surface area contributed by atoms with Gasteiger partial charge < -0.3 is 24.3 Å². The second kappa shape index (κ2) is 14.3. The number of halogens is 1. The first-order valence-corrected chi connectivity index (χ1v) is 11.7. The molecule has 1 aromatic rings. The molecular formula is C22H41IN6O2. The third-order valence-electron chi connectivity index (χ3n) is 6.29. The molecule has 2 fully saturated rings. The Hall–Kier alpha value is -0.940. The molecule has 1 aromatic heterocycles. The van der Waals surface area contributed by atoms with Gasteiger partial charge in [0.2, 0.25) is 0 Å². The van der Waals surface area contributed by atoms with Crippen molar-refractivity contribution in [1.82, 2.24) is 25.0 Å². The van der Waals surface area contributed by atoms with Gasteiger partial charge in [0.05, 0.1) is 6.10 Å². The molecule has 0 bridgehead atoms. The molecule has 0 amide bonds. The summed E-state index contributed by atoms with van der Waals surface area (Å²) in [6.45, 7) is 9.82. The standard InChI is InChI=1S/C22H40N6O2.HI/c1-4-29-15-7-12-23-22(24-16-21-26-25-18(2)27(21)3)28-13-10-20(11-14-28)30-17-19-8-5-6-9-19;/h19-20H,4-17H2,1-3H3,(H,23,24);1H. The fraction of sp³-hybridized carbons (Fsp3) is 0.864. The highest BCUT2D eigenvalue weighted by Crippen LogP contribution is 2.26. The number of hydrogen-bond donors (Lipinski definition) is 1. The molecule has 0 unspecified atom stereocenters. The number of guanidine groups is 1. The summed E-state index contributed by atoms with van der Waals surface area (Å²) in [5.41, 5.74) is 0. The lowest BCUT2D eigenvalue weighted by atomic mass is 10.1. The minimum absolute atomic E-state index is 0. The number of likely N-dealkylation sites (tertiary alicyclic amines) is 1. The maximum Gasteiger partial charge on any atom is 0.194 e.